The van der Waals surface area contributed by atoms with Gasteiger partial charge in [-0.25, -0.2) is 13.2 Å². The zero-order chi connectivity index (χ0) is 33.8. The minimum atomic E-state index is -3.45. The number of carbonyl (C=O) groups is 1. The third-order valence-electron chi connectivity index (χ3n) is 7.33. The van der Waals surface area contributed by atoms with Crippen LogP contribution in [0.3, 0.4) is 0 Å². The lowest BCUT2D eigenvalue weighted by atomic mass is 9.95. The zero-order valence-electron chi connectivity index (χ0n) is 26.2. The third kappa shape index (κ3) is 12.5. The Balaban J connectivity index is 2.31. The Morgan fingerprint density at radius 1 is 0.889 bits per heavy atom. The van der Waals surface area contributed by atoms with E-state index in [-0.39, 0.29) is 42.6 Å². The largest absolute Gasteiger partial charge is 0.508 e. The van der Waals surface area contributed by atoms with Crippen molar-refractivity contribution >= 4 is 35.5 Å². The second-order valence-electron chi connectivity index (χ2n) is 11.7. The van der Waals surface area contributed by atoms with E-state index in [2.05, 4.69) is 43.5 Å². The maximum atomic E-state index is 12.6. The maximum Gasteiger partial charge on any atom is 0.508 e. The van der Waals surface area contributed by atoms with Gasteiger partial charge in [-0.05, 0) is 59.8 Å². The van der Waals surface area contributed by atoms with Gasteiger partial charge in [0.15, 0.2) is 18.2 Å². The number of carbonyl (C=O) groups excluding carboxylic acids is 1. The van der Waals surface area contributed by atoms with Crippen LogP contribution in [-0.4, -0.2) is 71.9 Å². The Kier molecular flexibility index (Phi) is 13.5. The molecule has 0 fully saturated rings. The van der Waals surface area contributed by atoms with Crippen LogP contribution in [0.25, 0.3) is 11.1 Å². The van der Waals surface area contributed by atoms with E-state index in [9.17, 15) is 33.4 Å². The number of hydrogen-bond donors (Lipinski definition) is 0. The molecule has 0 spiro atoms. The molecular formula is C29H40N2O12SSi. The first-order valence-electron chi connectivity index (χ1n) is 14.0. The van der Waals surface area contributed by atoms with Gasteiger partial charge in [0.1, 0.15) is 19.3 Å². The van der Waals surface area contributed by atoms with Crippen LogP contribution in [0, 0.1) is 20.2 Å². The van der Waals surface area contributed by atoms with E-state index in [0.29, 0.717) is 11.1 Å². The van der Waals surface area contributed by atoms with Crippen molar-refractivity contribution in [3.63, 3.8) is 0 Å². The lowest BCUT2D eigenvalue weighted by Gasteiger charge is -2.36. The standard InChI is InChI=1S/C29H40N2O12SSi/c1-29(2,3)45(5,6)42-21-27(22-11-8-7-9-12-22)26(23-14-16-25(17-15-23)44(4,37)38)20-40-28(32)39-18-10-13-24(43-31(35)36)19-41-30(33)34/h7-9,11-12,14-17,24H,10,13,18-21H2,1-6H3. The normalized spacial score (nSPS) is 13.3. The molecule has 0 amide bonds. The lowest BCUT2D eigenvalue weighted by molar-refractivity contribution is -0.790. The van der Waals surface area contributed by atoms with E-state index >= 15 is 0 Å². The van der Waals surface area contributed by atoms with Crippen molar-refractivity contribution in [2.45, 2.75) is 62.7 Å². The molecule has 14 nitrogen and oxygen atoms in total. The summed E-state index contributed by atoms with van der Waals surface area (Å²) < 4.78 is 41.3. The fraction of sp³-hybridized carbons (Fsp3) is 0.483. The van der Waals surface area contributed by atoms with Crippen LogP contribution in [-0.2, 0) is 33.4 Å². The van der Waals surface area contributed by atoms with Gasteiger partial charge in [-0.2, -0.15) is 0 Å². The average Bonchev–Trinajstić information content (AvgIpc) is 2.94. The van der Waals surface area contributed by atoms with Crippen molar-refractivity contribution in [3.8, 4) is 0 Å². The summed E-state index contributed by atoms with van der Waals surface area (Å²) in [5, 5.41) is 18.8. The second kappa shape index (κ2) is 16.3. The summed E-state index contributed by atoms with van der Waals surface area (Å²) in [5.41, 5.74) is 2.75. The van der Waals surface area contributed by atoms with Gasteiger partial charge in [0.05, 0.1) is 18.1 Å². The van der Waals surface area contributed by atoms with Crippen LogP contribution in [0.4, 0.5) is 4.79 Å². The highest BCUT2D eigenvalue weighted by molar-refractivity contribution is 7.90. The molecule has 2 rings (SSSR count). The lowest BCUT2D eigenvalue weighted by Crippen LogP contribution is -2.41. The average molecular weight is 669 g/mol. The van der Waals surface area contributed by atoms with E-state index < -0.39 is 47.2 Å². The first kappa shape index (κ1) is 37.2. The van der Waals surface area contributed by atoms with Crippen LogP contribution in [0.15, 0.2) is 59.5 Å². The van der Waals surface area contributed by atoms with Gasteiger partial charge in [-0.15, -0.1) is 20.2 Å². The first-order chi connectivity index (χ1) is 20.9. The highest BCUT2D eigenvalue weighted by Crippen LogP contribution is 2.38. The highest BCUT2D eigenvalue weighted by Gasteiger charge is 2.37. The predicted molar refractivity (Wildman–Crippen MR) is 167 cm³/mol. The van der Waals surface area contributed by atoms with Crippen molar-refractivity contribution in [1.29, 1.82) is 0 Å². The summed E-state index contributed by atoms with van der Waals surface area (Å²) in [6.07, 6.45) is -1.14. The molecule has 0 saturated carbocycles. The first-order valence-corrected chi connectivity index (χ1v) is 18.8. The fourth-order valence-corrected chi connectivity index (χ4v) is 5.34. The van der Waals surface area contributed by atoms with Crippen LogP contribution in [0.2, 0.25) is 18.1 Å². The Hall–Kier alpha value is -4.02. The molecule has 0 radical (unpaired) electrons. The van der Waals surface area contributed by atoms with Crippen LogP contribution >= 0.6 is 0 Å². The molecule has 0 saturated heterocycles. The summed E-state index contributed by atoms with van der Waals surface area (Å²) in [7, 11) is -5.68. The van der Waals surface area contributed by atoms with Gasteiger partial charge in [0, 0.05) is 11.8 Å². The molecule has 0 aliphatic rings. The number of hydrogen-bond acceptors (Lipinski definition) is 12. The molecule has 0 bridgehead atoms. The van der Waals surface area contributed by atoms with Crippen molar-refractivity contribution in [1.82, 2.24) is 0 Å². The molecule has 16 heteroatoms. The molecule has 2 aromatic carbocycles. The quantitative estimate of drug-likeness (QED) is 0.0498. The number of ether oxygens (including phenoxy) is 2. The molecule has 1 atom stereocenters. The smallest absolute Gasteiger partial charge is 0.434 e. The molecule has 0 N–H and O–H groups in total. The van der Waals surface area contributed by atoms with E-state index in [1.54, 1.807) is 12.1 Å². The van der Waals surface area contributed by atoms with Crippen LogP contribution < -0.4 is 0 Å². The van der Waals surface area contributed by atoms with Gasteiger partial charge in [-0.1, -0.05) is 63.2 Å². The molecule has 1 unspecified atom stereocenters. The summed E-state index contributed by atoms with van der Waals surface area (Å²) in [6.45, 7) is 9.69. The van der Waals surface area contributed by atoms with Crippen molar-refractivity contribution in [3.05, 3.63) is 86.0 Å². The zero-order valence-corrected chi connectivity index (χ0v) is 28.0. The van der Waals surface area contributed by atoms with Crippen molar-refractivity contribution < 1.29 is 47.0 Å². The molecule has 0 heterocycles. The van der Waals surface area contributed by atoms with Gasteiger partial charge >= 0.3 is 6.16 Å². The van der Waals surface area contributed by atoms with Gasteiger partial charge in [0.25, 0.3) is 10.2 Å². The summed E-state index contributed by atoms with van der Waals surface area (Å²) in [4.78, 5) is 42.3. The highest BCUT2D eigenvalue weighted by atomic mass is 32.2. The molecule has 248 valence electrons. The molecule has 45 heavy (non-hydrogen) atoms. The fourth-order valence-electron chi connectivity index (χ4n) is 3.77. The Labute approximate surface area is 263 Å². The van der Waals surface area contributed by atoms with E-state index in [1.165, 1.54) is 12.1 Å². The van der Waals surface area contributed by atoms with Gasteiger partial charge < -0.3 is 23.6 Å². The number of nitrogens with zero attached hydrogens (tertiary/aromatic N) is 2. The minimum absolute atomic E-state index is 0.0666. The monoisotopic (exact) mass is 668 g/mol. The Bertz CT molecular complexity index is 1440. The molecule has 0 aromatic heterocycles. The van der Waals surface area contributed by atoms with Crippen molar-refractivity contribution in [2.24, 2.45) is 0 Å². The third-order valence-corrected chi connectivity index (χ3v) is 12.9. The summed E-state index contributed by atoms with van der Waals surface area (Å²) >= 11 is 0. The Morgan fingerprint density at radius 3 is 2.00 bits per heavy atom. The molecular weight excluding hydrogens is 628 g/mol. The molecule has 0 aliphatic heterocycles. The number of benzene rings is 2. The minimum Gasteiger partial charge on any atom is -0.434 e. The number of sulfone groups is 1. The van der Waals surface area contributed by atoms with Crippen LogP contribution in [0.5, 0.6) is 0 Å². The summed E-state index contributed by atoms with van der Waals surface area (Å²) in [6, 6.07) is 15.6. The van der Waals surface area contributed by atoms with Crippen LogP contribution in [0.1, 0.15) is 44.7 Å². The van der Waals surface area contributed by atoms with Gasteiger partial charge in [0.2, 0.25) is 0 Å². The maximum absolute atomic E-state index is 12.6. The van der Waals surface area contributed by atoms with E-state index in [1.807, 2.05) is 30.3 Å². The number of rotatable bonds is 17. The molecule has 2 aromatic rings. The second-order valence-corrected chi connectivity index (χ2v) is 18.5. The summed E-state index contributed by atoms with van der Waals surface area (Å²) in [5.74, 6) is 0. The Morgan fingerprint density at radius 2 is 1.47 bits per heavy atom. The predicted octanol–water partition coefficient (Wildman–Crippen LogP) is 5.74. The SMILES string of the molecule is CC(C)(C)[Si](C)(C)OCC(=C(COC(=O)OCCCC(CO[N+](=O)[O-])O[N+](=O)[O-])c1ccc(S(C)(=O)=O)cc1)c1ccccc1. The van der Waals surface area contributed by atoms with Crippen molar-refractivity contribution in [2.75, 3.05) is 32.7 Å². The molecule has 0 aliphatic carbocycles. The van der Waals surface area contributed by atoms with E-state index in [0.717, 1.165) is 17.4 Å². The van der Waals surface area contributed by atoms with E-state index in [4.69, 9.17) is 13.9 Å². The van der Waals surface area contributed by atoms with Gasteiger partial charge in [-0.3, -0.25) is 0 Å². The topological polar surface area (TPSA) is 184 Å².